The molecule has 103 valence electrons. The molecule has 0 heterocycles. The number of aliphatic hydroxyl groups excluding tert-OH is 2. The molecule has 17 heavy (non-hydrogen) atoms. The van der Waals surface area contributed by atoms with Crippen molar-refractivity contribution in [1.82, 2.24) is 0 Å². The fraction of sp³-hybridized carbons (Fsp3) is 0.625. The van der Waals surface area contributed by atoms with Crippen LogP contribution in [0.1, 0.15) is 20.8 Å². The van der Waals surface area contributed by atoms with Crippen molar-refractivity contribution in [3.63, 3.8) is 0 Å². The van der Waals surface area contributed by atoms with Crippen LogP contribution >= 0.6 is 0 Å². The molecule has 0 unspecified atom stereocenters. The summed E-state index contributed by atoms with van der Waals surface area (Å²) in [7, 11) is 0. The van der Waals surface area contributed by atoms with Crippen molar-refractivity contribution in [1.29, 1.82) is 0 Å². The van der Waals surface area contributed by atoms with Gasteiger partial charge in [0.1, 0.15) is 0 Å². The van der Waals surface area contributed by atoms with Gasteiger partial charge < -0.3 is 39.9 Å². The van der Waals surface area contributed by atoms with Crippen LogP contribution in [-0.4, -0.2) is 41.3 Å². The number of carboxylic acid groups (broad SMARTS) is 3. The van der Waals surface area contributed by atoms with Crippen molar-refractivity contribution in [3.05, 3.63) is 0 Å². The maximum Gasteiger partial charge on any atom is 3.00 e. The molecule has 0 atom stereocenters. The molecule has 0 fully saturated rings. The van der Waals surface area contributed by atoms with Gasteiger partial charge >= 0.3 is 19.5 Å². The number of rotatable bonds is 1. The van der Waals surface area contributed by atoms with E-state index in [0.717, 1.165) is 20.8 Å². The Balaban J connectivity index is -0.0000000369. The van der Waals surface area contributed by atoms with Crippen molar-refractivity contribution < 1.29 is 59.4 Å². The first kappa shape index (κ1) is 29.7. The molecule has 0 aromatic heterocycles. The Kier molecular flexibility index (Phi) is 51.4. The fourth-order valence-electron chi connectivity index (χ4n) is 0. The van der Waals surface area contributed by atoms with Crippen LogP contribution in [0.15, 0.2) is 0 Å². The van der Waals surface area contributed by atoms with Crippen molar-refractivity contribution in [2.24, 2.45) is 0 Å². The van der Waals surface area contributed by atoms with E-state index in [-0.39, 0.29) is 32.7 Å². The average molecular weight is 340 g/mol. The van der Waals surface area contributed by atoms with Crippen LogP contribution in [-0.2, 0) is 33.9 Å². The van der Waals surface area contributed by atoms with Gasteiger partial charge in [0.2, 0.25) is 0 Å². The van der Waals surface area contributed by atoms with E-state index in [4.69, 9.17) is 39.9 Å². The van der Waals surface area contributed by atoms with E-state index in [1.807, 2.05) is 0 Å². The summed E-state index contributed by atoms with van der Waals surface area (Å²) in [5.41, 5.74) is 0. The molecule has 0 aromatic carbocycles. The zero-order valence-corrected chi connectivity index (χ0v) is 11.3. The standard InChI is InChI=1S/3C2H4O2.C2H6O2.Ru/c3*1-2(3)4;3-1-2-4;/h3*1H3,(H,3,4);3-4H,1-2H2;/q;;;;+3/p-3. The molecule has 1 radical (unpaired) electrons. The van der Waals surface area contributed by atoms with Crippen LogP contribution in [0.25, 0.3) is 0 Å². The molecule has 0 saturated heterocycles. The maximum atomic E-state index is 8.89. The predicted octanol–water partition coefficient (Wildman–Crippen LogP) is -4.76. The number of aliphatic hydroxyl groups is 2. The Hall–Kier alpha value is -1.05. The maximum absolute atomic E-state index is 8.89. The summed E-state index contributed by atoms with van der Waals surface area (Å²) in [5.74, 6) is -3.25. The van der Waals surface area contributed by atoms with Crippen molar-refractivity contribution in [3.8, 4) is 0 Å². The first-order chi connectivity index (χ1) is 7.11. The van der Waals surface area contributed by atoms with Gasteiger partial charge in [-0.3, -0.25) is 0 Å². The molecule has 0 aliphatic rings. The largest absolute Gasteiger partial charge is 3.00 e. The van der Waals surface area contributed by atoms with Crippen LogP contribution in [0, 0.1) is 0 Å². The second-order valence-electron chi connectivity index (χ2n) is 1.92. The van der Waals surface area contributed by atoms with Gasteiger partial charge in [0.05, 0.1) is 13.2 Å². The van der Waals surface area contributed by atoms with E-state index in [9.17, 15) is 0 Å². The molecule has 0 aromatic rings. The van der Waals surface area contributed by atoms with Crippen LogP contribution in [0.3, 0.4) is 0 Å². The molecule has 9 heteroatoms. The molecule has 0 spiro atoms. The Bertz CT molecular complexity index is 140. The van der Waals surface area contributed by atoms with Gasteiger partial charge in [0, 0.05) is 17.9 Å². The van der Waals surface area contributed by atoms with E-state index >= 15 is 0 Å². The minimum Gasteiger partial charge on any atom is -0.550 e. The topological polar surface area (TPSA) is 161 Å². The third-order valence-electron chi connectivity index (χ3n) is 0.1000. The monoisotopic (exact) mass is 341 g/mol. The fourth-order valence-corrected chi connectivity index (χ4v) is 0. The van der Waals surface area contributed by atoms with E-state index in [1.165, 1.54) is 0 Å². The third kappa shape index (κ3) is 1150000. The predicted molar refractivity (Wildman–Crippen MR) is 46.2 cm³/mol. The second kappa shape index (κ2) is 29.4. The quantitative estimate of drug-likeness (QED) is 0.450. The summed E-state index contributed by atoms with van der Waals surface area (Å²) >= 11 is 0. The van der Waals surface area contributed by atoms with E-state index < -0.39 is 17.9 Å². The Morgan fingerprint density at radius 1 is 0.765 bits per heavy atom. The first-order valence-electron chi connectivity index (χ1n) is 3.86. The molecular formula is C8H15O8Ru. The molecule has 0 bridgehead atoms. The van der Waals surface area contributed by atoms with Crippen LogP contribution in [0.2, 0.25) is 0 Å². The zero-order chi connectivity index (χ0) is 14.1. The van der Waals surface area contributed by atoms with Crippen LogP contribution in [0.4, 0.5) is 0 Å². The van der Waals surface area contributed by atoms with Crippen LogP contribution in [0.5, 0.6) is 0 Å². The minimum absolute atomic E-state index is 0. The molecule has 0 aliphatic carbocycles. The number of hydrogen-bond donors (Lipinski definition) is 2. The summed E-state index contributed by atoms with van der Waals surface area (Å²) in [6.07, 6.45) is 0. The van der Waals surface area contributed by atoms with Gasteiger partial charge in [-0.1, -0.05) is 0 Å². The van der Waals surface area contributed by atoms with Gasteiger partial charge in [-0.05, 0) is 20.8 Å². The Morgan fingerprint density at radius 2 is 0.824 bits per heavy atom. The minimum atomic E-state index is -1.08. The number of carbonyl (C=O) groups is 3. The molecule has 2 N–H and O–H groups in total. The van der Waals surface area contributed by atoms with Gasteiger partial charge in [-0.25, -0.2) is 0 Å². The number of carbonyl (C=O) groups excluding carboxylic acids is 3. The molecular weight excluding hydrogens is 325 g/mol. The van der Waals surface area contributed by atoms with Crippen molar-refractivity contribution >= 4 is 17.9 Å². The van der Waals surface area contributed by atoms with Crippen molar-refractivity contribution in [2.75, 3.05) is 13.2 Å². The zero-order valence-electron chi connectivity index (χ0n) is 9.61. The van der Waals surface area contributed by atoms with Gasteiger partial charge in [-0.15, -0.1) is 0 Å². The average Bonchev–Trinajstić information content (AvgIpc) is 2.00. The summed E-state index contributed by atoms with van der Waals surface area (Å²) in [5, 5.41) is 41.9. The Labute approximate surface area is 112 Å². The number of hydrogen-bond acceptors (Lipinski definition) is 8. The molecule has 0 amide bonds. The van der Waals surface area contributed by atoms with E-state index in [2.05, 4.69) is 0 Å². The molecule has 8 nitrogen and oxygen atoms in total. The number of aliphatic carboxylic acids is 3. The summed E-state index contributed by atoms with van der Waals surface area (Å²) in [4.78, 5) is 26.7. The van der Waals surface area contributed by atoms with Crippen molar-refractivity contribution in [2.45, 2.75) is 20.8 Å². The first-order valence-corrected chi connectivity index (χ1v) is 3.86. The normalized spacial score (nSPS) is 6.18. The van der Waals surface area contributed by atoms with Gasteiger partial charge in [-0.2, -0.15) is 0 Å². The molecule has 0 aliphatic heterocycles. The van der Waals surface area contributed by atoms with Crippen LogP contribution < -0.4 is 15.3 Å². The van der Waals surface area contributed by atoms with Gasteiger partial charge in [0.15, 0.2) is 0 Å². The smallest absolute Gasteiger partial charge is 0.550 e. The second-order valence-corrected chi connectivity index (χ2v) is 1.92. The SMILES string of the molecule is CC(=O)[O-].CC(=O)[O-].CC(=O)[O-].OCCO.[Ru+3]. The number of carboxylic acids is 3. The molecule has 0 rings (SSSR count). The Morgan fingerprint density at radius 3 is 0.824 bits per heavy atom. The van der Waals surface area contributed by atoms with Gasteiger partial charge in [0.25, 0.3) is 0 Å². The summed E-state index contributed by atoms with van der Waals surface area (Å²) < 4.78 is 0. The third-order valence-corrected chi connectivity index (χ3v) is 0.1000. The van der Waals surface area contributed by atoms with E-state index in [1.54, 1.807) is 0 Å². The van der Waals surface area contributed by atoms with E-state index in [0.29, 0.717) is 0 Å². The summed E-state index contributed by atoms with van der Waals surface area (Å²) in [6.45, 7) is 2.67. The molecule has 0 saturated carbocycles. The summed E-state index contributed by atoms with van der Waals surface area (Å²) in [6, 6.07) is 0.